The number of halogens is 1. The van der Waals surface area contributed by atoms with Crippen molar-refractivity contribution >= 4 is 29.7 Å². The molecule has 0 bridgehead atoms. The molecule has 3 atom stereocenters. The van der Waals surface area contributed by atoms with E-state index in [4.69, 9.17) is 5.73 Å². The number of nitrogens with two attached hydrogens (primary N) is 1. The summed E-state index contributed by atoms with van der Waals surface area (Å²) in [6, 6.07) is 2.46. The lowest BCUT2D eigenvalue weighted by atomic mass is 9.98. The van der Waals surface area contributed by atoms with Crippen LogP contribution in [0.2, 0.25) is 0 Å². The van der Waals surface area contributed by atoms with Gasteiger partial charge in [0.1, 0.15) is 0 Å². The fourth-order valence-electron chi connectivity index (χ4n) is 4.06. The monoisotopic (exact) mass is 312 g/mol. The van der Waals surface area contributed by atoms with E-state index in [1.807, 2.05) is 0 Å². The number of amides is 1. The molecule has 1 saturated heterocycles. The van der Waals surface area contributed by atoms with Gasteiger partial charge in [0.05, 0.1) is 4.88 Å². The van der Waals surface area contributed by atoms with Gasteiger partial charge < -0.3 is 10.6 Å². The molecule has 4 rings (SSSR count). The molecule has 20 heavy (non-hydrogen) atoms. The summed E-state index contributed by atoms with van der Waals surface area (Å²) in [5.74, 6) is 1.46. The van der Waals surface area contributed by atoms with Crippen LogP contribution in [0.1, 0.15) is 39.4 Å². The maximum absolute atomic E-state index is 12.6. The number of hydrogen-bond donors (Lipinski definition) is 1. The van der Waals surface area contributed by atoms with Crippen molar-refractivity contribution in [3.8, 4) is 0 Å². The largest absolute Gasteiger partial charge is 0.337 e. The maximum Gasteiger partial charge on any atom is 0.263 e. The molecule has 0 radical (unpaired) electrons. The second kappa shape index (κ2) is 5.32. The van der Waals surface area contributed by atoms with E-state index < -0.39 is 0 Å². The van der Waals surface area contributed by atoms with Gasteiger partial charge in [-0.1, -0.05) is 0 Å². The smallest absolute Gasteiger partial charge is 0.263 e. The van der Waals surface area contributed by atoms with Crippen LogP contribution < -0.4 is 5.73 Å². The molecule has 0 spiro atoms. The van der Waals surface area contributed by atoms with E-state index >= 15 is 0 Å². The second-order valence-corrected chi connectivity index (χ2v) is 7.42. The highest BCUT2D eigenvalue weighted by Crippen LogP contribution is 2.38. The van der Waals surface area contributed by atoms with Crippen LogP contribution in [0.3, 0.4) is 0 Å². The molecule has 2 aliphatic carbocycles. The summed E-state index contributed by atoms with van der Waals surface area (Å²) < 4.78 is 0. The number of carbonyl (C=O) groups excluding carboxylic acids is 1. The fourth-order valence-corrected chi connectivity index (χ4v) is 5.29. The molecule has 1 saturated carbocycles. The van der Waals surface area contributed by atoms with Gasteiger partial charge in [-0.3, -0.25) is 4.79 Å². The Bertz CT molecular complexity index is 508. The van der Waals surface area contributed by atoms with Crippen molar-refractivity contribution in [2.45, 2.75) is 38.1 Å². The van der Waals surface area contributed by atoms with Crippen molar-refractivity contribution < 1.29 is 4.79 Å². The maximum atomic E-state index is 12.6. The Kier molecular flexibility index (Phi) is 3.82. The van der Waals surface area contributed by atoms with Gasteiger partial charge in [-0.05, 0) is 55.6 Å². The quantitative estimate of drug-likeness (QED) is 0.866. The zero-order chi connectivity index (χ0) is 13.0. The topological polar surface area (TPSA) is 46.3 Å². The Hall–Kier alpha value is -0.580. The molecule has 2 fully saturated rings. The fraction of sp³-hybridized carbons (Fsp3) is 0.667. The summed E-state index contributed by atoms with van der Waals surface area (Å²) in [4.78, 5) is 17.0. The van der Waals surface area contributed by atoms with E-state index in [0.717, 1.165) is 30.8 Å². The zero-order valence-corrected chi connectivity index (χ0v) is 13.1. The summed E-state index contributed by atoms with van der Waals surface area (Å²) in [6.07, 6.45) is 5.94. The normalized spacial score (nSPS) is 31.1. The molecule has 3 aliphatic rings. The molecule has 1 aliphatic heterocycles. The van der Waals surface area contributed by atoms with Crippen LogP contribution in [0.4, 0.5) is 0 Å². The third-order valence-electron chi connectivity index (χ3n) is 5.16. The standard InChI is InChI=1S/C15H20N2OS.ClH/c16-12-5-4-10-7-17(8-11(10)12)15(18)14-6-9-2-1-3-13(9)19-14;/h6,10-12H,1-5,7-8,16H2;1H. The highest BCUT2D eigenvalue weighted by Gasteiger charge is 2.42. The molecule has 5 heteroatoms. The summed E-state index contributed by atoms with van der Waals surface area (Å²) in [5, 5.41) is 0. The predicted molar refractivity (Wildman–Crippen MR) is 83.7 cm³/mol. The van der Waals surface area contributed by atoms with Crippen LogP contribution in [0.5, 0.6) is 0 Å². The third kappa shape index (κ3) is 2.18. The van der Waals surface area contributed by atoms with Crippen molar-refractivity contribution in [3.05, 3.63) is 21.4 Å². The van der Waals surface area contributed by atoms with Gasteiger partial charge in [-0.2, -0.15) is 0 Å². The van der Waals surface area contributed by atoms with Crippen LogP contribution in [0, 0.1) is 11.8 Å². The number of thiophene rings is 1. The van der Waals surface area contributed by atoms with E-state index in [-0.39, 0.29) is 18.3 Å². The van der Waals surface area contributed by atoms with Crippen LogP contribution in [0.25, 0.3) is 0 Å². The van der Waals surface area contributed by atoms with Crippen molar-refractivity contribution in [2.75, 3.05) is 13.1 Å². The first kappa shape index (κ1) is 14.4. The van der Waals surface area contributed by atoms with Gasteiger partial charge in [-0.15, -0.1) is 23.7 Å². The molecule has 2 N–H and O–H groups in total. The van der Waals surface area contributed by atoms with Gasteiger partial charge in [-0.25, -0.2) is 0 Å². The summed E-state index contributed by atoms with van der Waals surface area (Å²) in [5.41, 5.74) is 7.57. The first-order valence-electron chi connectivity index (χ1n) is 7.39. The van der Waals surface area contributed by atoms with E-state index in [2.05, 4.69) is 11.0 Å². The SMILES string of the molecule is Cl.NC1CCC2CN(C(=O)c3cc4c(s3)CCC4)CC12. The molecule has 1 amide bonds. The van der Waals surface area contributed by atoms with Crippen molar-refractivity contribution in [3.63, 3.8) is 0 Å². The minimum Gasteiger partial charge on any atom is -0.337 e. The molecule has 2 heterocycles. The second-order valence-electron chi connectivity index (χ2n) is 6.29. The highest BCUT2D eigenvalue weighted by molar-refractivity contribution is 7.14. The molecule has 1 aromatic heterocycles. The van der Waals surface area contributed by atoms with Crippen molar-refractivity contribution in [1.82, 2.24) is 4.90 Å². The average molecular weight is 313 g/mol. The van der Waals surface area contributed by atoms with Crippen LogP contribution >= 0.6 is 23.7 Å². The lowest BCUT2D eigenvalue weighted by molar-refractivity contribution is 0.0784. The first-order valence-corrected chi connectivity index (χ1v) is 8.20. The van der Waals surface area contributed by atoms with Gasteiger partial charge in [0.15, 0.2) is 0 Å². The molecular weight excluding hydrogens is 292 g/mol. The van der Waals surface area contributed by atoms with Gasteiger partial charge in [0.2, 0.25) is 0 Å². The number of rotatable bonds is 1. The van der Waals surface area contributed by atoms with Crippen molar-refractivity contribution in [1.29, 1.82) is 0 Å². The first-order chi connectivity index (χ1) is 9.22. The number of likely N-dealkylation sites (tertiary alicyclic amines) is 1. The predicted octanol–water partition coefficient (Wildman–Crippen LogP) is 2.47. The lowest BCUT2D eigenvalue weighted by Crippen LogP contribution is -2.33. The van der Waals surface area contributed by atoms with E-state index in [1.165, 1.54) is 29.7 Å². The molecule has 0 aromatic carbocycles. The molecular formula is C15H21ClN2OS. The number of carbonyl (C=O) groups is 1. The Balaban J connectivity index is 0.00000121. The van der Waals surface area contributed by atoms with Gasteiger partial charge in [0, 0.05) is 24.0 Å². The molecule has 3 nitrogen and oxygen atoms in total. The average Bonchev–Trinajstić information content (AvgIpc) is 3.09. The summed E-state index contributed by atoms with van der Waals surface area (Å²) in [6.45, 7) is 1.81. The Labute approximate surface area is 129 Å². The minimum atomic E-state index is 0. The third-order valence-corrected chi connectivity index (χ3v) is 6.38. The van der Waals surface area contributed by atoms with Crippen LogP contribution in [-0.4, -0.2) is 29.9 Å². The van der Waals surface area contributed by atoms with Gasteiger partial charge in [0.25, 0.3) is 5.91 Å². The van der Waals surface area contributed by atoms with E-state index in [1.54, 1.807) is 11.3 Å². The van der Waals surface area contributed by atoms with Gasteiger partial charge >= 0.3 is 0 Å². The van der Waals surface area contributed by atoms with Crippen LogP contribution in [0.15, 0.2) is 6.07 Å². The Morgan fingerprint density at radius 3 is 2.90 bits per heavy atom. The minimum absolute atomic E-state index is 0. The van der Waals surface area contributed by atoms with Crippen molar-refractivity contribution in [2.24, 2.45) is 17.6 Å². The number of hydrogen-bond acceptors (Lipinski definition) is 3. The van der Waals surface area contributed by atoms with E-state index in [9.17, 15) is 4.79 Å². The Morgan fingerprint density at radius 2 is 2.15 bits per heavy atom. The number of aryl methyl sites for hydroxylation is 2. The Morgan fingerprint density at radius 1 is 1.30 bits per heavy atom. The molecule has 3 unspecified atom stereocenters. The molecule has 1 aromatic rings. The van der Waals surface area contributed by atoms with Crippen LogP contribution in [-0.2, 0) is 12.8 Å². The highest BCUT2D eigenvalue weighted by atomic mass is 35.5. The summed E-state index contributed by atoms with van der Waals surface area (Å²) >= 11 is 1.72. The lowest BCUT2D eigenvalue weighted by Gasteiger charge is -2.18. The number of nitrogens with zero attached hydrogens (tertiary/aromatic N) is 1. The number of fused-ring (bicyclic) bond motifs is 2. The zero-order valence-electron chi connectivity index (χ0n) is 11.5. The molecule has 110 valence electrons. The van der Waals surface area contributed by atoms with E-state index in [0.29, 0.717) is 17.9 Å². The summed E-state index contributed by atoms with van der Waals surface area (Å²) in [7, 11) is 0.